The number of phenols is 1. The van der Waals surface area contributed by atoms with E-state index in [2.05, 4.69) is 0 Å². The van der Waals surface area contributed by atoms with Crippen LogP contribution >= 0.6 is 0 Å². The Morgan fingerprint density at radius 3 is 1.84 bits per heavy atom. The van der Waals surface area contributed by atoms with Crippen molar-refractivity contribution in [2.75, 3.05) is 33.0 Å². The third-order valence-electron chi connectivity index (χ3n) is 5.53. The minimum Gasteiger partial charge on any atom is -0.507 e. The lowest BCUT2D eigenvalue weighted by atomic mass is 10.0. The zero-order valence-electron chi connectivity index (χ0n) is 21.9. The highest BCUT2D eigenvalue weighted by Crippen LogP contribution is 2.35. The Labute approximate surface area is 217 Å². The molecule has 0 saturated carbocycles. The molecule has 2 N–H and O–H groups in total. The van der Waals surface area contributed by atoms with Crippen LogP contribution < -0.4 is 14.2 Å². The summed E-state index contributed by atoms with van der Waals surface area (Å²) >= 11 is 0. The first-order valence-corrected chi connectivity index (χ1v) is 12.4. The molecule has 0 saturated heterocycles. The van der Waals surface area contributed by atoms with Crippen molar-refractivity contribution >= 4 is 17.5 Å². The normalized spacial score (nSPS) is 10.7. The summed E-state index contributed by atoms with van der Waals surface area (Å²) in [6.07, 6.45) is 2.65. The van der Waals surface area contributed by atoms with Crippen LogP contribution in [0.1, 0.15) is 72.4 Å². The lowest BCUT2D eigenvalue weighted by Gasteiger charge is -2.18. The smallest absolute Gasteiger partial charge is 0.341 e. The van der Waals surface area contributed by atoms with Crippen LogP contribution in [0.15, 0.2) is 24.3 Å². The number of carboxylic acids is 1. The molecule has 0 atom stereocenters. The molecule has 0 heterocycles. The zero-order valence-corrected chi connectivity index (χ0v) is 21.9. The van der Waals surface area contributed by atoms with E-state index in [1.165, 1.54) is 13.8 Å². The standard InChI is InChI=1S/C28H36O9/c1-5-7-22-24(11-9-20(18(3)29)27(22)33)35-15-13-34-14-16-36-28-21(19(4)30)10-12-25(23(28)8-6-2)37-17-26(31)32/h9-12,33H,5-8,13-17H2,1-4H3,(H,31,32). The molecule has 0 unspecified atom stereocenters. The topological polar surface area (TPSA) is 129 Å². The van der Waals surface area contributed by atoms with E-state index < -0.39 is 12.6 Å². The van der Waals surface area contributed by atoms with Crippen LogP contribution in [0.3, 0.4) is 0 Å². The van der Waals surface area contributed by atoms with E-state index in [1.54, 1.807) is 24.3 Å². The first-order valence-electron chi connectivity index (χ1n) is 12.4. The third-order valence-corrected chi connectivity index (χ3v) is 5.53. The number of carbonyl (C=O) groups is 3. The molecule has 2 rings (SSSR count). The number of aliphatic carboxylic acids is 1. The SMILES string of the molecule is CCCc1c(OCCOCCOc2c(C(C)=O)ccc(OCC(=O)O)c2CCC)ccc(C(C)=O)c1O. The van der Waals surface area contributed by atoms with Gasteiger partial charge in [-0.1, -0.05) is 26.7 Å². The van der Waals surface area contributed by atoms with Gasteiger partial charge < -0.3 is 29.2 Å². The van der Waals surface area contributed by atoms with E-state index in [-0.39, 0.29) is 49.3 Å². The van der Waals surface area contributed by atoms with Gasteiger partial charge in [-0.15, -0.1) is 0 Å². The van der Waals surface area contributed by atoms with Crippen molar-refractivity contribution in [3.63, 3.8) is 0 Å². The highest BCUT2D eigenvalue weighted by atomic mass is 16.5. The van der Waals surface area contributed by atoms with Crippen molar-refractivity contribution in [2.24, 2.45) is 0 Å². The van der Waals surface area contributed by atoms with E-state index in [1.807, 2.05) is 13.8 Å². The molecular weight excluding hydrogens is 480 g/mol. The largest absolute Gasteiger partial charge is 0.507 e. The first kappa shape index (κ1) is 29.6. The molecule has 0 radical (unpaired) electrons. The van der Waals surface area contributed by atoms with Gasteiger partial charge in [0.2, 0.25) is 0 Å². The number of aromatic hydroxyl groups is 1. The van der Waals surface area contributed by atoms with Gasteiger partial charge in [-0.3, -0.25) is 9.59 Å². The van der Waals surface area contributed by atoms with Crippen LogP contribution in [0, 0.1) is 0 Å². The average Bonchev–Trinajstić information content (AvgIpc) is 2.84. The summed E-state index contributed by atoms with van der Waals surface area (Å²) in [5.74, 6) is -0.254. The maximum Gasteiger partial charge on any atom is 0.341 e. The van der Waals surface area contributed by atoms with Gasteiger partial charge in [-0.25, -0.2) is 4.79 Å². The fourth-order valence-electron chi connectivity index (χ4n) is 3.86. The molecule has 37 heavy (non-hydrogen) atoms. The number of hydrogen-bond acceptors (Lipinski definition) is 8. The molecule has 0 aliphatic rings. The van der Waals surface area contributed by atoms with Gasteiger partial charge in [-0.2, -0.15) is 0 Å². The van der Waals surface area contributed by atoms with E-state index in [4.69, 9.17) is 24.1 Å². The summed E-state index contributed by atoms with van der Waals surface area (Å²) in [5, 5.41) is 19.4. The van der Waals surface area contributed by atoms with Crippen LogP contribution in [0.25, 0.3) is 0 Å². The molecule has 0 aliphatic heterocycles. The summed E-state index contributed by atoms with van der Waals surface area (Å²) in [6.45, 7) is 7.17. The summed E-state index contributed by atoms with van der Waals surface area (Å²) in [7, 11) is 0. The van der Waals surface area contributed by atoms with Crippen molar-refractivity contribution in [1.29, 1.82) is 0 Å². The minimum absolute atomic E-state index is 0.0418. The highest BCUT2D eigenvalue weighted by Gasteiger charge is 2.19. The van der Waals surface area contributed by atoms with Gasteiger partial charge in [0.05, 0.1) is 24.3 Å². The molecule has 0 aliphatic carbocycles. The van der Waals surface area contributed by atoms with Crippen LogP contribution in [0.2, 0.25) is 0 Å². The summed E-state index contributed by atoms with van der Waals surface area (Å²) in [6, 6.07) is 6.40. The number of hydrogen-bond donors (Lipinski definition) is 2. The second kappa shape index (κ2) is 14.8. The number of ether oxygens (including phenoxy) is 4. The van der Waals surface area contributed by atoms with Crippen molar-refractivity contribution in [1.82, 2.24) is 0 Å². The molecule has 0 aromatic heterocycles. The fourth-order valence-corrected chi connectivity index (χ4v) is 3.86. The molecule has 0 spiro atoms. The third kappa shape index (κ3) is 8.49. The van der Waals surface area contributed by atoms with Gasteiger partial charge in [0.25, 0.3) is 0 Å². The lowest BCUT2D eigenvalue weighted by molar-refractivity contribution is -0.139. The molecule has 2 aromatic rings. The highest BCUT2D eigenvalue weighted by molar-refractivity contribution is 5.98. The van der Waals surface area contributed by atoms with Gasteiger partial charge >= 0.3 is 5.97 Å². The molecule has 0 amide bonds. The summed E-state index contributed by atoms with van der Waals surface area (Å²) < 4.78 is 22.7. The quantitative estimate of drug-likeness (QED) is 0.228. The predicted molar refractivity (Wildman–Crippen MR) is 137 cm³/mol. The Morgan fingerprint density at radius 1 is 0.730 bits per heavy atom. The lowest BCUT2D eigenvalue weighted by Crippen LogP contribution is -2.15. The monoisotopic (exact) mass is 516 g/mol. The molecule has 2 aromatic carbocycles. The number of benzene rings is 2. The Morgan fingerprint density at radius 2 is 1.27 bits per heavy atom. The van der Waals surface area contributed by atoms with Gasteiger partial charge in [0.15, 0.2) is 18.2 Å². The Bertz CT molecular complexity index is 1090. The molecule has 0 bridgehead atoms. The number of Topliss-reactive ketones (excluding diaryl/α,β-unsaturated/α-hetero) is 2. The molecule has 9 heteroatoms. The number of carboxylic acid groups (broad SMARTS) is 1. The van der Waals surface area contributed by atoms with Crippen LogP contribution in [-0.4, -0.2) is 60.8 Å². The Kier molecular flexibility index (Phi) is 11.9. The van der Waals surface area contributed by atoms with Gasteiger partial charge in [-0.05, 0) is 51.0 Å². The molecule has 202 valence electrons. The maximum absolute atomic E-state index is 12.2. The second-order valence-corrected chi connectivity index (χ2v) is 8.46. The molecular formula is C28H36O9. The van der Waals surface area contributed by atoms with Crippen molar-refractivity contribution in [3.8, 4) is 23.0 Å². The maximum atomic E-state index is 12.2. The van der Waals surface area contributed by atoms with Crippen molar-refractivity contribution in [3.05, 3.63) is 46.5 Å². The van der Waals surface area contributed by atoms with E-state index >= 15 is 0 Å². The van der Waals surface area contributed by atoms with Crippen molar-refractivity contribution < 1.29 is 43.5 Å². The number of ketones is 2. The Hall–Kier alpha value is -3.59. The van der Waals surface area contributed by atoms with Crippen LogP contribution in [0.4, 0.5) is 0 Å². The number of rotatable bonds is 17. The van der Waals surface area contributed by atoms with Gasteiger partial charge in [0.1, 0.15) is 36.2 Å². The summed E-state index contributed by atoms with van der Waals surface area (Å²) in [4.78, 5) is 34.8. The molecule has 9 nitrogen and oxygen atoms in total. The van der Waals surface area contributed by atoms with Crippen LogP contribution in [0.5, 0.6) is 23.0 Å². The summed E-state index contributed by atoms with van der Waals surface area (Å²) in [5.41, 5.74) is 1.92. The fraction of sp³-hybridized carbons (Fsp3) is 0.464. The second-order valence-electron chi connectivity index (χ2n) is 8.46. The van der Waals surface area contributed by atoms with E-state index in [0.717, 1.165) is 12.8 Å². The van der Waals surface area contributed by atoms with Crippen molar-refractivity contribution in [2.45, 2.75) is 53.4 Å². The number of carbonyl (C=O) groups excluding carboxylic acids is 2. The van der Waals surface area contributed by atoms with E-state index in [9.17, 15) is 19.5 Å². The van der Waals surface area contributed by atoms with Gasteiger partial charge in [0, 0.05) is 11.1 Å². The Balaban J connectivity index is 1.97. The molecule has 0 fully saturated rings. The zero-order chi connectivity index (χ0) is 27.4. The van der Waals surface area contributed by atoms with Crippen LogP contribution in [-0.2, 0) is 22.4 Å². The first-order chi connectivity index (χ1) is 17.7. The number of phenolic OH excluding ortho intramolecular Hbond substituents is 1. The predicted octanol–water partition coefficient (Wildman–Crippen LogP) is 4.64. The average molecular weight is 517 g/mol. The minimum atomic E-state index is -1.09. The van der Waals surface area contributed by atoms with E-state index in [0.29, 0.717) is 46.8 Å².